The summed E-state index contributed by atoms with van der Waals surface area (Å²) in [7, 11) is 0. The third kappa shape index (κ3) is 14.6. The molecule has 0 spiro atoms. The van der Waals surface area contributed by atoms with Gasteiger partial charge >= 0.3 is 17.1 Å². The number of halogens is 6. The molecule has 28 nitrogen and oxygen atoms in total. The van der Waals surface area contributed by atoms with Gasteiger partial charge in [-0.25, -0.2) is 27.6 Å². The summed E-state index contributed by atoms with van der Waals surface area (Å²) in [6.07, 6.45) is 7.97. The molecule has 0 saturated carbocycles. The molecule has 34 heteroatoms. The van der Waals surface area contributed by atoms with Crippen LogP contribution in [0.25, 0.3) is 87.9 Å². The SMILES string of the molecule is C=CC(=O)N1CCN(c2nc(=O)n3c4c(c(-c5c(C)ccc6[nH]ncc56)c(Cl)cc24)OCC3CN2CCC2)[C@@H](C)C1.C=CC(=O)N1CCN(c2nc(=O)n3c4c(c(-c5c(C)ccc6cn[nH]c56)c(Cl)cc24)OCC3CN2CCC2)[C@@H](C)C1.C=CC(=O)N1CCN(c2nc(=O)n3c4c(c(-c5c(F)cccc5C(F)F)c(Cl)cc24)OCC3CN2CCC2)[C@@H](C)C1. The number of carbonyl (C=O) groups excluding carboxylic acids is 3. The number of ether oxygens (including phenoxy) is 3. The van der Waals surface area contributed by atoms with Gasteiger partial charge in [-0.1, -0.05) is 84.9 Å². The number of nitrogens with zero attached hydrogens (tertiary/aromatic N) is 17. The minimum Gasteiger partial charge on any atom is -0.488 e. The van der Waals surface area contributed by atoms with E-state index in [1.165, 1.54) is 24.3 Å². The molecule has 20 rings (SSSR count). The summed E-state index contributed by atoms with van der Waals surface area (Å²) in [5.41, 5.74) is 6.91. The van der Waals surface area contributed by atoms with E-state index in [1.807, 2.05) is 85.1 Å². The number of fused-ring (bicyclic) bond motifs is 2. The second-order valence-electron chi connectivity index (χ2n) is 33.3. The molecular weight excluding hydrogens is 1640 g/mol. The second kappa shape index (κ2) is 33.4. The average molecular weight is 1740 g/mol. The van der Waals surface area contributed by atoms with E-state index in [-0.39, 0.29) is 93.9 Å². The normalized spacial score (nSPS) is 20.7. The van der Waals surface area contributed by atoms with E-state index in [4.69, 9.17) is 49.0 Å². The average Bonchev–Trinajstić information content (AvgIpc) is 1.36. The van der Waals surface area contributed by atoms with Crippen molar-refractivity contribution < 1.29 is 41.8 Å². The zero-order chi connectivity index (χ0) is 85.8. The van der Waals surface area contributed by atoms with Crippen molar-refractivity contribution in [3.8, 4) is 50.6 Å². The second-order valence-corrected chi connectivity index (χ2v) is 34.5. The molecule has 2 N–H and O–H groups in total. The number of benzene rings is 6. The zero-order valence-electron chi connectivity index (χ0n) is 68.8. The van der Waals surface area contributed by atoms with Crippen molar-refractivity contribution in [1.82, 2.24) is 78.4 Å². The number of aryl methyl sites for hydroxylation is 2. The van der Waals surface area contributed by atoms with Crippen LogP contribution in [-0.4, -0.2) is 252 Å². The maximum atomic E-state index is 15.3. The quantitative estimate of drug-likeness (QED) is 0.0851. The van der Waals surface area contributed by atoms with Crippen molar-refractivity contribution in [2.75, 3.05) is 152 Å². The van der Waals surface area contributed by atoms with Gasteiger partial charge in [0.1, 0.15) is 43.1 Å². The third-order valence-corrected chi connectivity index (χ3v) is 26.6. The van der Waals surface area contributed by atoms with Gasteiger partial charge in [-0.3, -0.25) is 38.3 Å². The summed E-state index contributed by atoms with van der Waals surface area (Å²) >= 11 is 21.1. The van der Waals surface area contributed by atoms with E-state index in [0.29, 0.717) is 140 Å². The van der Waals surface area contributed by atoms with Gasteiger partial charge in [0.2, 0.25) is 17.7 Å². The van der Waals surface area contributed by atoms with Gasteiger partial charge in [0, 0.05) is 163 Å². The van der Waals surface area contributed by atoms with Crippen molar-refractivity contribution in [1.29, 1.82) is 0 Å². The molecule has 0 radical (unpaired) electrons. The fourth-order valence-electron chi connectivity index (χ4n) is 19.2. The highest BCUT2D eigenvalue weighted by molar-refractivity contribution is 6.37. The summed E-state index contributed by atoms with van der Waals surface area (Å²) in [5, 5.41) is 19.7. The van der Waals surface area contributed by atoms with E-state index in [2.05, 4.69) is 79.6 Å². The van der Waals surface area contributed by atoms with Crippen LogP contribution in [0, 0.1) is 19.7 Å². The topological polar surface area (TPSA) is 270 Å². The van der Waals surface area contributed by atoms with Crippen LogP contribution in [-0.2, 0) is 14.4 Å². The molecule has 6 fully saturated rings. The molecule has 640 valence electrons. The monoisotopic (exact) mass is 1730 g/mol. The number of hydrogen-bond acceptors (Lipinski definition) is 20. The molecule has 3 amide bonds. The summed E-state index contributed by atoms with van der Waals surface area (Å²) in [5.74, 6) is 1.50. The number of piperazine rings is 3. The number of anilines is 3. The van der Waals surface area contributed by atoms with Crippen LogP contribution in [0.15, 0.2) is 125 Å². The van der Waals surface area contributed by atoms with E-state index in [9.17, 15) is 37.5 Å². The molecule has 14 heterocycles. The summed E-state index contributed by atoms with van der Waals surface area (Å²) in [6.45, 7) is 33.8. The maximum Gasteiger partial charge on any atom is 0.350 e. The van der Waals surface area contributed by atoms with Crippen molar-refractivity contribution >= 4 is 124 Å². The van der Waals surface area contributed by atoms with Crippen LogP contribution in [0.5, 0.6) is 17.2 Å². The van der Waals surface area contributed by atoms with Crippen molar-refractivity contribution in [2.45, 2.75) is 96.6 Å². The predicted molar refractivity (Wildman–Crippen MR) is 471 cm³/mol. The van der Waals surface area contributed by atoms with Crippen molar-refractivity contribution in [3.05, 3.63) is 180 Å². The zero-order valence-corrected chi connectivity index (χ0v) is 71.1. The Kier molecular flexibility index (Phi) is 22.4. The number of nitrogens with one attached hydrogen (secondary N) is 2. The summed E-state index contributed by atoms with van der Waals surface area (Å²) < 4.78 is 68.0. The molecule has 6 saturated heterocycles. The number of alkyl halides is 2. The largest absolute Gasteiger partial charge is 0.488 e. The molecule has 6 aromatic carbocycles. The third-order valence-electron chi connectivity index (χ3n) is 25.7. The van der Waals surface area contributed by atoms with Crippen LogP contribution in [0.4, 0.5) is 30.6 Å². The number of amides is 3. The molecule has 0 aliphatic carbocycles. The van der Waals surface area contributed by atoms with Crippen LogP contribution in [0.2, 0.25) is 15.1 Å². The van der Waals surface area contributed by atoms with Crippen LogP contribution >= 0.6 is 34.8 Å². The van der Waals surface area contributed by atoms with E-state index < -0.39 is 23.5 Å². The highest BCUT2D eigenvalue weighted by Crippen LogP contribution is 2.54. The first-order chi connectivity index (χ1) is 59.4. The molecule has 5 aromatic heterocycles. The van der Waals surface area contributed by atoms with Gasteiger partial charge in [-0.05, 0) is 153 Å². The number of hydrogen-bond donors (Lipinski definition) is 2. The molecule has 11 aromatic rings. The van der Waals surface area contributed by atoms with Gasteiger partial charge in [0.25, 0.3) is 6.43 Å². The Morgan fingerprint density at radius 2 is 0.870 bits per heavy atom. The van der Waals surface area contributed by atoms with Gasteiger partial charge < -0.3 is 58.3 Å². The first kappa shape index (κ1) is 82.6. The van der Waals surface area contributed by atoms with Gasteiger partial charge in [-0.2, -0.15) is 25.1 Å². The Labute approximate surface area is 720 Å². The van der Waals surface area contributed by atoms with E-state index >= 15 is 4.39 Å². The minimum absolute atomic E-state index is 0.00191. The Morgan fingerprint density at radius 3 is 1.25 bits per heavy atom. The van der Waals surface area contributed by atoms with Crippen molar-refractivity contribution in [2.24, 2.45) is 0 Å². The van der Waals surface area contributed by atoms with E-state index in [1.54, 1.807) is 37.7 Å². The molecule has 9 aliphatic heterocycles. The van der Waals surface area contributed by atoms with Crippen LogP contribution < -0.4 is 46.0 Å². The summed E-state index contributed by atoms with van der Waals surface area (Å²) in [6, 6.07) is 15.9. The Hall–Kier alpha value is -11.4. The Bertz CT molecular complexity index is 6100. The molecule has 123 heavy (non-hydrogen) atoms. The smallest absolute Gasteiger partial charge is 0.350 e. The number of H-pyrrole nitrogens is 2. The molecule has 6 atom stereocenters. The van der Waals surface area contributed by atoms with E-state index in [0.717, 1.165) is 150 Å². The van der Waals surface area contributed by atoms with Crippen LogP contribution in [0.1, 0.15) is 81.3 Å². The molecular formula is C89H93Cl3F3N19O9. The Morgan fingerprint density at radius 1 is 0.488 bits per heavy atom. The first-order valence-electron chi connectivity index (χ1n) is 41.8. The highest BCUT2D eigenvalue weighted by atomic mass is 35.5. The van der Waals surface area contributed by atoms with Gasteiger partial charge in [0.05, 0.1) is 73.2 Å². The number of aromatic amines is 2. The number of rotatable bonds is 16. The lowest BCUT2D eigenvalue weighted by atomic mass is 9.94. The van der Waals surface area contributed by atoms with Crippen molar-refractivity contribution in [3.63, 3.8) is 0 Å². The molecule has 3 unspecified atom stereocenters. The fourth-order valence-corrected chi connectivity index (χ4v) is 20.1. The molecule has 0 bridgehead atoms. The maximum absolute atomic E-state index is 15.3. The standard InChI is InChI=1S/2C30H32ClN7O3.C29H29ClF3N5O3/c1-4-24(39)36-10-11-37(18(3)14-36)29-20-12-22(31)26(25-17(2)6-7-23-21(25)13-32-34-23)28-27(20)38(30(40)33-29)19(16-41-28)15-35-8-5-9-35;1-4-23(39)36-10-11-37(18(3)14-36)29-21-12-22(31)25(24-17(2)6-7-19-13-32-34-26(19)24)28-27(21)38(30(40)33-29)20(16-41-28)15-35-8-5-9-35;1-3-22(39)36-10-11-37(16(2)13-36)28-19-12-20(30)24(23-18(27(32)33)6-4-7-21(23)31)26-25(19)38(29(40)34-28)17(15-41-26)14-35-8-5-9-35/h4,6-7,12-13,18-19H,1,5,8-11,14-16H2,2-3H3,(H,32,34);4,6-7,12-13,18,20H,1,5,8-11,14-16H2,2-3H3,(H,32,34);3-4,6-7,12,16-17,27H,1,5,8-11,13-15H2,2H3/t18-,19?;18-,20?;16-,17?/m000/s1. The summed E-state index contributed by atoms with van der Waals surface area (Å²) in [4.78, 5) is 111. The lowest BCUT2D eigenvalue weighted by molar-refractivity contribution is -0.127. The predicted octanol–water partition coefficient (Wildman–Crippen LogP) is 12.2. The lowest BCUT2D eigenvalue weighted by Gasteiger charge is -2.41. The van der Waals surface area contributed by atoms with Gasteiger partial charge in [-0.15, -0.1) is 0 Å². The van der Waals surface area contributed by atoms with Crippen LogP contribution in [0.3, 0.4) is 0 Å². The Balaban J connectivity index is 0.000000126. The van der Waals surface area contributed by atoms with Gasteiger partial charge in [0.15, 0.2) is 17.2 Å². The molecule has 9 aliphatic rings. The first-order valence-corrected chi connectivity index (χ1v) is 42.9. The number of aromatic nitrogens is 10. The fraction of sp³-hybridized carbons (Fsp3) is 0.404. The lowest BCUT2D eigenvalue weighted by Crippen LogP contribution is -2.54. The minimum atomic E-state index is -2.96. The number of carbonyl (C=O) groups is 3. The highest BCUT2D eigenvalue weighted by Gasteiger charge is 2.42. The number of likely N-dealkylation sites (tertiary alicyclic amines) is 3.